The number of carbonyl (C=O) groups is 4. The van der Waals surface area contributed by atoms with Gasteiger partial charge in [-0.1, -0.05) is 0 Å². The van der Waals surface area contributed by atoms with E-state index in [1.165, 1.54) is 0 Å². The van der Waals surface area contributed by atoms with Gasteiger partial charge in [0, 0.05) is 0 Å². The number of carbonyl (C=O) groups excluding carboxylic acids is 4. The summed E-state index contributed by atoms with van der Waals surface area (Å²) in [6, 6.07) is 0. The van der Waals surface area contributed by atoms with Crippen LogP contribution in [0.1, 0.15) is 67.2 Å². The summed E-state index contributed by atoms with van der Waals surface area (Å²) in [4.78, 5) is 49.4. The second kappa shape index (κ2) is 22.6. The summed E-state index contributed by atoms with van der Waals surface area (Å²) >= 11 is -4.35. The molecule has 4 atom stereocenters. The monoisotopic (exact) mass is 696 g/mol. The first-order chi connectivity index (χ1) is 19.3. The molecule has 0 rings (SSSR count). The molecular formula is C28H48O12Sn. The van der Waals surface area contributed by atoms with Gasteiger partial charge in [0.1, 0.15) is 0 Å². The fourth-order valence-corrected chi connectivity index (χ4v) is 12.7. The van der Waals surface area contributed by atoms with Gasteiger partial charge < -0.3 is 0 Å². The van der Waals surface area contributed by atoms with Crippen molar-refractivity contribution in [2.75, 3.05) is 26.4 Å². The summed E-state index contributed by atoms with van der Waals surface area (Å²) in [5, 5.41) is 18.5. The number of unbranched alkanes of at least 4 members (excludes halogenated alkanes) is 2. The van der Waals surface area contributed by atoms with Crippen LogP contribution in [-0.4, -0.2) is 104 Å². The van der Waals surface area contributed by atoms with E-state index < -0.39 is 67.5 Å². The number of aliphatic hydroxyl groups is 2. The molecule has 12 nitrogen and oxygen atoms in total. The third kappa shape index (κ3) is 21.4. The average molecular weight is 695 g/mol. The molecule has 41 heavy (non-hydrogen) atoms. The summed E-state index contributed by atoms with van der Waals surface area (Å²) in [7, 11) is 0. The zero-order valence-corrected chi connectivity index (χ0v) is 28.0. The van der Waals surface area contributed by atoms with Crippen molar-refractivity contribution in [1.29, 1.82) is 0 Å². The Hall–Kier alpha value is -2.00. The molecule has 0 aliphatic rings. The quantitative estimate of drug-likeness (QED) is 0.0969. The first-order valence-electron chi connectivity index (χ1n) is 14.1. The van der Waals surface area contributed by atoms with Crippen molar-refractivity contribution >= 4 is 43.1 Å². The van der Waals surface area contributed by atoms with Gasteiger partial charge in [0.25, 0.3) is 0 Å². The molecule has 236 valence electrons. The Kier molecular flexibility index (Phi) is 21.5. The molecule has 0 saturated carbocycles. The van der Waals surface area contributed by atoms with Gasteiger partial charge in [-0.25, -0.2) is 0 Å². The molecule has 0 aliphatic carbocycles. The SMILES string of the molecule is CCC[CH2][Sn]([CH2]CCC)([O]C(=O)/C=C\C(=O)OCC(C)OCC(C)O)[O]C(=O)/C=C\C(=O)OCC(C)OCC(C)O. The number of ether oxygens (including phenoxy) is 4. The molecule has 0 heterocycles. The second-order valence-corrected chi connectivity index (χ2v) is 19.1. The molecule has 0 aromatic heterocycles. The summed E-state index contributed by atoms with van der Waals surface area (Å²) in [5.74, 6) is -3.18. The first-order valence-corrected chi connectivity index (χ1v) is 20.4. The van der Waals surface area contributed by atoms with Crippen LogP contribution in [0.2, 0.25) is 8.87 Å². The summed E-state index contributed by atoms with van der Waals surface area (Å²) in [5.41, 5.74) is 0. The van der Waals surface area contributed by atoms with E-state index in [9.17, 15) is 29.4 Å². The predicted molar refractivity (Wildman–Crippen MR) is 152 cm³/mol. The average Bonchev–Trinajstić information content (AvgIpc) is 2.92. The van der Waals surface area contributed by atoms with Crippen molar-refractivity contribution in [2.24, 2.45) is 0 Å². The van der Waals surface area contributed by atoms with Gasteiger partial charge in [0.15, 0.2) is 0 Å². The van der Waals surface area contributed by atoms with Crippen LogP contribution in [0.15, 0.2) is 24.3 Å². The second-order valence-electron chi connectivity index (χ2n) is 9.87. The minimum absolute atomic E-state index is 0.0682. The first kappa shape index (κ1) is 39.0. The van der Waals surface area contributed by atoms with Gasteiger partial charge in [-0.2, -0.15) is 0 Å². The molecule has 0 bridgehead atoms. The Morgan fingerprint density at radius 1 is 0.610 bits per heavy atom. The molecule has 0 fully saturated rings. The molecule has 4 unspecified atom stereocenters. The summed E-state index contributed by atoms with van der Waals surface area (Å²) in [6.45, 7) is 10.5. The zero-order valence-electron chi connectivity index (χ0n) is 25.2. The van der Waals surface area contributed by atoms with Crippen LogP contribution in [0.5, 0.6) is 0 Å². The van der Waals surface area contributed by atoms with Crippen molar-refractivity contribution in [3.8, 4) is 0 Å². The van der Waals surface area contributed by atoms with Crippen LogP contribution < -0.4 is 0 Å². The van der Waals surface area contributed by atoms with Gasteiger partial charge in [0.05, 0.1) is 0 Å². The van der Waals surface area contributed by atoms with E-state index in [4.69, 9.17) is 25.1 Å². The van der Waals surface area contributed by atoms with Gasteiger partial charge >= 0.3 is 249 Å². The van der Waals surface area contributed by atoms with E-state index in [1.54, 1.807) is 27.7 Å². The molecule has 13 heteroatoms. The maximum atomic E-state index is 12.7. The van der Waals surface area contributed by atoms with Gasteiger partial charge in [-0.3, -0.25) is 0 Å². The van der Waals surface area contributed by atoms with Crippen molar-refractivity contribution in [3.05, 3.63) is 24.3 Å². The molecule has 2 N–H and O–H groups in total. The molecule has 0 saturated heterocycles. The fourth-order valence-electron chi connectivity index (χ4n) is 3.15. The number of hydrogen-bond acceptors (Lipinski definition) is 12. The van der Waals surface area contributed by atoms with E-state index in [0.717, 1.165) is 37.1 Å². The summed E-state index contributed by atoms with van der Waals surface area (Å²) < 4.78 is 33.1. The molecule has 0 aliphatic heterocycles. The van der Waals surface area contributed by atoms with E-state index in [-0.39, 0.29) is 26.4 Å². The van der Waals surface area contributed by atoms with Gasteiger partial charge in [-0.15, -0.1) is 0 Å². The van der Waals surface area contributed by atoms with E-state index in [2.05, 4.69) is 0 Å². The van der Waals surface area contributed by atoms with Crippen LogP contribution in [0.25, 0.3) is 0 Å². The Labute approximate surface area is 248 Å². The van der Waals surface area contributed by atoms with Crippen LogP contribution in [0.4, 0.5) is 0 Å². The van der Waals surface area contributed by atoms with Crippen molar-refractivity contribution in [3.63, 3.8) is 0 Å². The third-order valence-electron chi connectivity index (χ3n) is 5.27. The molecule has 0 spiro atoms. The number of hydrogen-bond donors (Lipinski definition) is 2. The Bertz CT molecular complexity index is 772. The fraction of sp³-hybridized carbons (Fsp3) is 0.714. The number of rotatable bonds is 22. The number of aliphatic hydroxyl groups excluding tert-OH is 2. The number of esters is 2. The molecular weight excluding hydrogens is 647 g/mol. The zero-order chi connectivity index (χ0) is 31.3. The van der Waals surface area contributed by atoms with E-state index >= 15 is 0 Å². The van der Waals surface area contributed by atoms with Crippen LogP contribution in [0, 0.1) is 0 Å². The molecule has 0 aromatic carbocycles. The maximum absolute atomic E-state index is 12.7. The van der Waals surface area contributed by atoms with Gasteiger partial charge in [-0.05, 0) is 0 Å². The molecule has 0 aromatic rings. The van der Waals surface area contributed by atoms with Crippen LogP contribution >= 0.6 is 0 Å². The van der Waals surface area contributed by atoms with Gasteiger partial charge in [0.2, 0.25) is 0 Å². The Morgan fingerprint density at radius 3 is 1.27 bits per heavy atom. The molecule has 0 radical (unpaired) electrons. The van der Waals surface area contributed by atoms with Crippen molar-refractivity contribution in [2.45, 2.75) is 101 Å². The third-order valence-corrected chi connectivity index (χ3v) is 14.9. The van der Waals surface area contributed by atoms with E-state index in [0.29, 0.717) is 21.7 Å². The molecule has 0 amide bonds. The Balaban J connectivity index is 5.21. The topological polar surface area (TPSA) is 164 Å². The summed E-state index contributed by atoms with van der Waals surface area (Å²) in [6.07, 6.45) is 4.48. The van der Waals surface area contributed by atoms with Crippen LogP contribution in [0.3, 0.4) is 0 Å². The predicted octanol–water partition coefficient (Wildman–Crippen LogP) is 2.89. The minimum atomic E-state index is -4.35. The van der Waals surface area contributed by atoms with Crippen LogP contribution in [-0.2, 0) is 44.3 Å². The van der Waals surface area contributed by atoms with E-state index in [1.807, 2.05) is 13.8 Å². The van der Waals surface area contributed by atoms with Crippen molar-refractivity contribution < 1.29 is 54.5 Å². The Morgan fingerprint density at radius 2 is 0.951 bits per heavy atom. The van der Waals surface area contributed by atoms with Crippen molar-refractivity contribution in [1.82, 2.24) is 0 Å². The normalized spacial score (nSPS) is 14.8. The standard InChI is InChI=1S/2C10H16O6.2C4H9.Sn/c2*1-7(11)5-15-8(2)6-16-10(14)4-3-9(12)13;2*1-3-4-2;/h2*3-4,7-8,11H,5-6H2,1-2H3,(H,12,13);2*1,3-4H2,2H3;/q;;;;+2/p-2/b2*4-3-;;;.